The average Bonchev–Trinajstić information content (AvgIpc) is 3.95. The van der Waals surface area contributed by atoms with Crippen LogP contribution < -0.4 is 4.90 Å². The number of hydrogen-bond acceptors (Lipinski definition) is 2. The van der Waals surface area contributed by atoms with Crippen molar-refractivity contribution in [2.45, 2.75) is 38.5 Å². The summed E-state index contributed by atoms with van der Waals surface area (Å²) in [7, 11) is 0. The molecule has 11 aromatic rings. The lowest BCUT2D eigenvalue weighted by Crippen LogP contribution is -2.16. The van der Waals surface area contributed by atoms with E-state index in [1.165, 1.54) is 83.3 Å². The molecule has 10 aromatic carbocycles. The Morgan fingerprint density at radius 3 is 1.65 bits per heavy atom. The van der Waals surface area contributed by atoms with Crippen LogP contribution in [0.3, 0.4) is 0 Å². The first-order chi connectivity index (χ1) is 32.3. The summed E-state index contributed by atoms with van der Waals surface area (Å²) in [4.78, 5) is 2.40. The highest BCUT2D eigenvalue weighted by Crippen LogP contribution is 2.54. The summed E-state index contributed by atoms with van der Waals surface area (Å²) in [6, 6.07) is 78.2. The monoisotopic (exact) mass is 845 g/mol. The standard InChI is InChI=1S/C64H47NO/c1-63(2)55-23-11-9-19-49(55)51-37-32-43(39-57(51)63)40-27-33-44(34-28-40)65(58-25-14-26-59-60(58)54-38-31-41-15-5-6-17-47(41)62(54)66-59)45-35-29-42(30-36-45)46-16-7-8-18-48(46)52-21-13-22-53-50-20-10-12-24-56(50)64(3,4)61(52)53/h5-39H,1-4H3. The van der Waals surface area contributed by atoms with Gasteiger partial charge in [0, 0.05) is 33.0 Å². The molecule has 0 radical (unpaired) electrons. The first-order valence-corrected chi connectivity index (χ1v) is 23.2. The molecule has 0 saturated heterocycles. The van der Waals surface area contributed by atoms with Crippen molar-refractivity contribution < 1.29 is 4.42 Å². The first kappa shape index (κ1) is 38.5. The van der Waals surface area contributed by atoms with E-state index >= 15 is 0 Å². The highest BCUT2D eigenvalue weighted by Gasteiger charge is 2.38. The van der Waals surface area contributed by atoms with Crippen LogP contribution in [0.25, 0.3) is 88.3 Å². The SMILES string of the molecule is CC1(C)c2ccccc2-c2ccc(-c3ccc(N(c4ccc(-c5ccccc5-c5cccc6c5C(C)(C)c5ccccc5-6)cc4)c4cccc5oc6c7ccccc7ccc6c45)cc3)cc21. The van der Waals surface area contributed by atoms with Gasteiger partial charge in [0.1, 0.15) is 11.2 Å². The van der Waals surface area contributed by atoms with E-state index in [0.717, 1.165) is 44.4 Å². The zero-order valence-corrected chi connectivity index (χ0v) is 37.6. The van der Waals surface area contributed by atoms with Crippen LogP contribution in [0.1, 0.15) is 49.9 Å². The molecule has 0 atom stereocenters. The maximum Gasteiger partial charge on any atom is 0.143 e. The third-order valence-corrected chi connectivity index (χ3v) is 14.9. The molecule has 0 spiro atoms. The molecule has 66 heavy (non-hydrogen) atoms. The van der Waals surface area contributed by atoms with Crippen molar-refractivity contribution in [1.29, 1.82) is 0 Å². The van der Waals surface area contributed by atoms with Gasteiger partial charge >= 0.3 is 0 Å². The van der Waals surface area contributed by atoms with Gasteiger partial charge in [-0.2, -0.15) is 0 Å². The summed E-state index contributed by atoms with van der Waals surface area (Å²) in [6.45, 7) is 9.44. The molecule has 1 aromatic heterocycles. The van der Waals surface area contributed by atoms with E-state index in [2.05, 4.69) is 245 Å². The average molecular weight is 846 g/mol. The highest BCUT2D eigenvalue weighted by molar-refractivity contribution is 6.19. The van der Waals surface area contributed by atoms with Crippen LogP contribution in [-0.4, -0.2) is 0 Å². The van der Waals surface area contributed by atoms with Crippen molar-refractivity contribution >= 4 is 49.8 Å². The van der Waals surface area contributed by atoms with Gasteiger partial charge in [0.15, 0.2) is 0 Å². The Labute approximate surface area is 386 Å². The van der Waals surface area contributed by atoms with E-state index in [1.807, 2.05) is 0 Å². The summed E-state index contributed by atoms with van der Waals surface area (Å²) < 4.78 is 6.75. The molecule has 0 unspecified atom stereocenters. The molecule has 2 nitrogen and oxygen atoms in total. The highest BCUT2D eigenvalue weighted by atomic mass is 16.3. The molecule has 1 heterocycles. The Kier molecular flexibility index (Phi) is 8.33. The van der Waals surface area contributed by atoms with Crippen molar-refractivity contribution in [3.63, 3.8) is 0 Å². The molecule has 314 valence electrons. The number of benzene rings is 10. The zero-order chi connectivity index (χ0) is 44.3. The fourth-order valence-electron chi connectivity index (χ4n) is 11.7. The lowest BCUT2D eigenvalue weighted by molar-refractivity contribution is 0.660. The van der Waals surface area contributed by atoms with E-state index in [9.17, 15) is 0 Å². The Hall–Kier alpha value is -7.94. The molecule has 0 aliphatic heterocycles. The van der Waals surface area contributed by atoms with Crippen molar-refractivity contribution in [2.24, 2.45) is 0 Å². The van der Waals surface area contributed by atoms with Gasteiger partial charge in [-0.25, -0.2) is 0 Å². The molecule has 13 rings (SSSR count). The van der Waals surface area contributed by atoms with Gasteiger partial charge in [-0.15, -0.1) is 0 Å². The summed E-state index contributed by atoms with van der Waals surface area (Å²) in [5.74, 6) is 0. The number of fused-ring (bicyclic) bond motifs is 11. The number of anilines is 3. The fourth-order valence-corrected chi connectivity index (χ4v) is 11.7. The molecule has 0 bridgehead atoms. The third-order valence-electron chi connectivity index (χ3n) is 14.9. The smallest absolute Gasteiger partial charge is 0.143 e. The predicted molar refractivity (Wildman–Crippen MR) is 277 cm³/mol. The Balaban J connectivity index is 0.939. The van der Waals surface area contributed by atoms with Crippen LogP contribution in [0.2, 0.25) is 0 Å². The van der Waals surface area contributed by atoms with E-state index in [1.54, 1.807) is 0 Å². The second kappa shape index (κ2) is 14.3. The Morgan fingerprint density at radius 1 is 0.364 bits per heavy atom. The van der Waals surface area contributed by atoms with Crippen LogP contribution in [0, 0.1) is 0 Å². The maximum atomic E-state index is 6.75. The van der Waals surface area contributed by atoms with Gasteiger partial charge < -0.3 is 9.32 Å². The maximum absolute atomic E-state index is 6.75. The van der Waals surface area contributed by atoms with E-state index in [4.69, 9.17) is 4.42 Å². The summed E-state index contributed by atoms with van der Waals surface area (Å²) in [5, 5.41) is 4.49. The molecule has 2 aliphatic carbocycles. The first-order valence-electron chi connectivity index (χ1n) is 23.2. The van der Waals surface area contributed by atoms with Crippen molar-refractivity contribution in [2.75, 3.05) is 4.90 Å². The minimum atomic E-state index is -0.122. The number of furan rings is 1. The van der Waals surface area contributed by atoms with Gasteiger partial charge in [0.05, 0.1) is 11.1 Å². The molecular formula is C64H47NO. The molecule has 0 N–H and O–H groups in total. The predicted octanol–water partition coefficient (Wildman–Crippen LogP) is 17.8. The zero-order valence-electron chi connectivity index (χ0n) is 37.6. The number of nitrogens with zero attached hydrogens (tertiary/aromatic N) is 1. The van der Waals surface area contributed by atoms with Gasteiger partial charge in [0.2, 0.25) is 0 Å². The van der Waals surface area contributed by atoms with Gasteiger partial charge in [-0.05, 0) is 132 Å². The lowest BCUT2D eigenvalue weighted by Gasteiger charge is -2.27. The summed E-state index contributed by atoms with van der Waals surface area (Å²) in [5.41, 5.74) is 23.1. The minimum absolute atomic E-state index is 0.0632. The third kappa shape index (κ3) is 5.61. The molecule has 2 heteroatoms. The largest absolute Gasteiger partial charge is 0.455 e. The van der Waals surface area contributed by atoms with Crippen LogP contribution in [0.4, 0.5) is 17.1 Å². The molecule has 0 amide bonds. The van der Waals surface area contributed by atoms with E-state index in [0.29, 0.717) is 0 Å². The van der Waals surface area contributed by atoms with Gasteiger partial charge in [0.25, 0.3) is 0 Å². The van der Waals surface area contributed by atoms with Gasteiger partial charge in [-0.3, -0.25) is 0 Å². The Bertz CT molecular complexity index is 3750. The van der Waals surface area contributed by atoms with Crippen molar-refractivity contribution in [3.05, 3.63) is 235 Å². The number of hydrogen-bond donors (Lipinski definition) is 0. The normalized spacial score (nSPS) is 14.0. The van der Waals surface area contributed by atoms with Gasteiger partial charge in [-0.1, -0.05) is 191 Å². The second-order valence-electron chi connectivity index (χ2n) is 19.2. The summed E-state index contributed by atoms with van der Waals surface area (Å²) >= 11 is 0. The molecule has 2 aliphatic rings. The van der Waals surface area contributed by atoms with E-state index < -0.39 is 0 Å². The molecule has 0 fully saturated rings. The van der Waals surface area contributed by atoms with Crippen molar-refractivity contribution in [3.8, 4) is 55.6 Å². The Morgan fingerprint density at radius 2 is 0.909 bits per heavy atom. The fraction of sp³-hybridized carbons (Fsp3) is 0.0938. The second-order valence-corrected chi connectivity index (χ2v) is 19.2. The lowest BCUT2D eigenvalue weighted by atomic mass is 9.78. The van der Waals surface area contributed by atoms with Crippen LogP contribution >= 0.6 is 0 Å². The topological polar surface area (TPSA) is 16.4 Å². The van der Waals surface area contributed by atoms with Crippen LogP contribution in [0.15, 0.2) is 217 Å². The quantitative estimate of drug-likeness (QED) is 0.166. The summed E-state index contributed by atoms with van der Waals surface area (Å²) in [6.07, 6.45) is 0. The van der Waals surface area contributed by atoms with Crippen molar-refractivity contribution in [1.82, 2.24) is 0 Å². The molecular weight excluding hydrogens is 799 g/mol. The van der Waals surface area contributed by atoms with Crippen LogP contribution in [-0.2, 0) is 10.8 Å². The molecule has 0 saturated carbocycles. The van der Waals surface area contributed by atoms with Crippen LogP contribution in [0.5, 0.6) is 0 Å². The minimum Gasteiger partial charge on any atom is -0.455 e. The number of rotatable bonds is 6. The van der Waals surface area contributed by atoms with E-state index in [-0.39, 0.29) is 10.8 Å².